The summed E-state index contributed by atoms with van der Waals surface area (Å²) in [4.78, 5) is 13.2. The lowest BCUT2D eigenvalue weighted by Gasteiger charge is -2.09. The number of hydrogen-bond acceptors (Lipinski definition) is 3. The summed E-state index contributed by atoms with van der Waals surface area (Å²) < 4.78 is 4.74. The van der Waals surface area contributed by atoms with Crippen molar-refractivity contribution in [3.8, 4) is 10.4 Å². The fraction of sp³-hybridized carbons (Fsp3) is 0.267. The molecule has 0 amide bonds. The number of aryl methyl sites for hydroxylation is 3. The summed E-state index contributed by atoms with van der Waals surface area (Å²) in [6.07, 6.45) is 0. The van der Waals surface area contributed by atoms with Gasteiger partial charge in [-0.15, -0.1) is 11.3 Å². The molecule has 0 atom stereocenters. The van der Waals surface area contributed by atoms with Crippen LogP contribution in [0.2, 0.25) is 0 Å². The molecule has 18 heavy (non-hydrogen) atoms. The molecule has 0 aliphatic rings. The molecule has 94 valence electrons. The first kappa shape index (κ1) is 12.8. The second kappa shape index (κ2) is 4.94. The lowest BCUT2D eigenvalue weighted by Crippen LogP contribution is -1.96. The Morgan fingerprint density at radius 1 is 1.11 bits per heavy atom. The maximum atomic E-state index is 11.5. The molecule has 1 aromatic carbocycles. The van der Waals surface area contributed by atoms with Crippen molar-refractivity contribution in [2.24, 2.45) is 0 Å². The average Bonchev–Trinajstić information content (AvgIpc) is 2.76. The Morgan fingerprint density at radius 2 is 1.72 bits per heavy atom. The minimum atomic E-state index is -0.270. The summed E-state index contributed by atoms with van der Waals surface area (Å²) in [5, 5.41) is 0. The number of carbonyl (C=O) groups excluding carboxylic acids is 1. The molecule has 0 radical (unpaired) electrons. The topological polar surface area (TPSA) is 26.3 Å². The molecule has 0 saturated carbocycles. The Labute approximate surface area is 111 Å². The van der Waals surface area contributed by atoms with Gasteiger partial charge in [0.1, 0.15) is 4.88 Å². The molecule has 1 aromatic heterocycles. The monoisotopic (exact) mass is 260 g/mol. The van der Waals surface area contributed by atoms with E-state index in [1.54, 1.807) is 0 Å². The molecule has 0 aliphatic heterocycles. The predicted octanol–water partition coefficient (Wildman–Crippen LogP) is 4.13. The number of rotatable bonds is 2. The molecule has 0 fully saturated rings. The van der Waals surface area contributed by atoms with Crippen LogP contribution in [0.4, 0.5) is 0 Å². The zero-order valence-electron chi connectivity index (χ0n) is 11.0. The molecule has 3 heteroatoms. The smallest absolute Gasteiger partial charge is 0.348 e. The fourth-order valence-corrected chi connectivity index (χ4v) is 3.35. The van der Waals surface area contributed by atoms with E-state index in [2.05, 4.69) is 32.9 Å². The van der Waals surface area contributed by atoms with E-state index in [0.29, 0.717) is 4.88 Å². The van der Waals surface area contributed by atoms with Crippen molar-refractivity contribution < 1.29 is 9.53 Å². The van der Waals surface area contributed by atoms with Gasteiger partial charge < -0.3 is 4.74 Å². The third-order valence-electron chi connectivity index (χ3n) is 2.92. The lowest BCUT2D eigenvalue weighted by atomic mass is 9.99. The summed E-state index contributed by atoms with van der Waals surface area (Å²) in [5.74, 6) is -0.270. The molecule has 0 saturated heterocycles. The van der Waals surface area contributed by atoms with Gasteiger partial charge in [-0.3, -0.25) is 0 Å². The van der Waals surface area contributed by atoms with E-state index in [1.165, 1.54) is 40.7 Å². The quantitative estimate of drug-likeness (QED) is 0.759. The van der Waals surface area contributed by atoms with Crippen LogP contribution >= 0.6 is 11.3 Å². The van der Waals surface area contributed by atoms with Gasteiger partial charge in [-0.05, 0) is 49.6 Å². The van der Waals surface area contributed by atoms with Gasteiger partial charge in [0.05, 0.1) is 7.11 Å². The van der Waals surface area contributed by atoms with E-state index in [-0.39, 0.29) is 5.97 Å². The molecular weight excluding hydrogens is 244 g/mol. The van der Waals surface area contributed by atoms with E-state index >= 15 is 0 Å². The van der Waals surface area contributed by atoms with Crippen LogP contribution in [-0.4, -0.2) is 13.1 Å². The molecule has 0 unspecified atom stereocenters. The number of hydrogen-bond donors (Lipinski definition) is 0. The van der Waals surface area contributed by atoms with Crippen LogP contribution in [0.3, 0.4) is 0 Å². The molecule has 1 heterocycles. The molecule has 0 bridgehead atoms. The van der Waals surface area contributed by atoms with E-state index in [0.717, 1.165) is 4.88 Å². The van der Waals surface area contributed by atoms with Crippen LogP contribution < -0.4 is 0 Å². The van der Waals surface area contributed by atoms with E-state index in [4.69, 9.17) is 4.74 Å². The van der Waals surface area contributed by atoms with Crippen molar-refractivity contribution in [1.29, 1.82) is 0 Å². The maximum absolute atomic E-state index is 11.5. The standard InChI is InChI=1S/C15H16O2S/c1-9-7-10(2)14(11(3)8-9)12-5-6-13(18-12)15(16)17-4/h5-8H,1-4H3. The minimum Gasteiger partial charge on any atom is -0.465 e. The molecule has 0 N–H and O–H groups in total. The molecule has 2 rings (SSSR count). The zero-order valence-corrected chi connectivity index (χ0v) is 11.9. The highest BCUT2D eigenvalue weighted by atomic mass is 32.1. The number of ether oxygens (including phenoxy) is 1. The number of benzene rings is 1. The van der Waals surface area contributed by atoms with Gasteiger partial charge in [-0.25, -0.2) is 4.79 Å². The SMILES string of the molecule is COC(=O)c1ccc(-c2c(C)cc(C)cc2C)s1. The van der Waals surface area contributed by atoms with Gasteiger partial charge in [-0.1, -0.05) is 17.7 Å². The van der Waals surface area contributed by atoms with Crippen molar-refractivity contribution in [2.75, 3.05) is 7.11 Å². The van der Waals surface area contributed by atoms with Crippen molar-refractivity contribution in [3.05, 3.63) is 45.8 Å². The average molecular weight is 260 g/mol. The van der Waals surface area contributed by atoms with Crippen molar-refractivity contribution in [2.45, 2.75) is 20.8 Å². The minimum absolute atomic E-state index is 0.270. The van der Waals surface area contributed by atoms with E-state index in [1.807, 2.05) is 12.1 Å². The Balaban J connectivity index is 2.49. The van der Waals surface area contributed by atoms with Crippen LogP contribution in [0.5, 0.6) is 0 Å². The molecule has 2 nitrogen and oxygen atoms in total. The lowest BCUT2D eigenvalue weighted by molar-refractivity contribution is 0.0606. The first-order valence-corrected chi connectivity index (χ1v) is 6.61. The third kappa shape index (κ3) is 2.31. The Bertz CT molecular complexity index is 573. The maximum Gasteiger partial charge on any atom is 0.348 e. The summed E-state index contributed by atoms with van der Waals surface area (Å²) in [6.45, 7) is 6.30. The molecule has 0 spiro atoms. The van der Waals surface area contributed by atoms with Crippen LogP contribution in [0.1, 0.15) is 26.4 Å². The molecule has 2 aromatic rings. The number of thiophene rings is 1. The highest BCUT2D eigenvalue weighted by Crippen LogP contribution is 2.34. The van der Waals surface area contributed by atoms with E-state index in [9.17, 15) is 4.79 Å². The van der Waals surface area contributed by atoms with Gasteiger partial charge in [0.2, 0.25) is 0 Å². The third-order valence-corrected chi connectivity index (χ3v) is 4.00. The fourth-order valence-electron chi connectivity index (χ4n) is 2.25. The van der Waals surface area contributed by atoms with Gasteiger partial charge in [0, 0.05) is 4.88 Å². The first-order valence-electron chi connectivity index (χ1n) is 5.79. The molecule has 0 aliphatic carbocycles. The first-order chi connectivity index (χ1) is 8.52. The van der Waals surface area contributed by atoms with Crippen molar-refractivity contribution in [1.82, 2.24) is 0 Å². The van der Waals surface area contributed by atoms with Gasteiger partial charge in [-0.2, -0.15) is 0 Å². The van der Waals surface area contributed by atoms with Gasteiger partial charge in [0.15, 0.2) is 0 Å². The summed E-state index contributed by atoms with van der Waals surface area (Å²) in [7, 11) is 1.41. The number of esters is 1. The number of methoxy groups -OCH3 is 1. The predicted molar refractivity (Wildman–Crippen MR) is 75.3 cm³/mol. The Morgan fingerprint density at radius 3 is 2.28 bits per heavy atom. The van der Waals surface area contributed by atoms with Crippen molar-refractivity contribution in [3.63, 3.8) is 0 Å². The Hall–Kier alpha value is -1.61. The summed E-state index contributed by atoms with van der Waals surface area (Å²) in [5.41, 5.74) is 4.97. The van der Waals surface area contributed by atoms with Crippen LogP contribution in [-0.2, 0) is 4.74 Å². The summed E-state index contributed by atoms with van der Waals surface area (Å²) in [6, 6.07) is 8.14. The second-order valence-corrected chi connectivity index (χ2v) is 5.51. The Kier molecular flexibility index (Phi) is 3.53. The van der Waals surface area contributed by atoms with Crippen LogP contribution in [0.15, 0.2) is 24.3 Å². The largest absolute Gasteiger partial charge is 0.465 e. The normalized spacial score (nSPS) is 10.4. The van der Waals surface area contributed by atoms with Gasteiger partial charge in [0.25, 0.3) is 0 Å². The van der Waals surface area contributed by atoms with Crippen molar-refractivity contribution >= 4 is 17.3 Å². The van der Waals surface area contributed by atoms with Crippen LogP contribution in [0.25, 0.3) is 10.4 Å². The second-order valence-electron chi connectivity index (χ2n) is 4.43. The number of carbonyl (C=O) groups is 1. The highest BCUT2D eigenvalue weighted by Gasteiger charge is 2.13. The van der Waals surface area contributed by atoms with Crippen LogP contribution in [0, 0.1) is 20.8 Å². The summed E-state index contributed by atoms with van der Waals surface area (Å²) >= 11 is 1.48. The zero-order chi connectivity index (χ0) is 13.3. The highest BCUT2D eigenvalue weighted by molar-refractivity contribution is 7.17. The molecular formula is C15H16O2S. The van der Waals surface area contributed by atoms with Gasteiger partial charge >= 0.3 is 5.97 Å². The van der Waals surface area contributed by atoms with E-state index < -0.39 is 0 Å².